The quantitative estimate of drug-likeness (QED) is 0.130. The van der Waals surface area contributed by atoms with E-state index in [-0.39, 0.29) is 39.5 Å². The molecular weight excluding hydrogens is 568 g/mol. The van der Waals surface area contributed by atoms with Crippen molar-refractivity contribution in [3.8, 4) is 16.9 Å². The van der Waals surface area contributed by atoms with E-state index in [9.17, 15) is 46.1 Å². The molecule has 5 rings (SSSR count). The van der Waals surface area contributed by atoms with Gasteiger partial charge in [-0.25, -0.2) is 4.79 Å². The number of aromatic hydroxyl groups is 1. The molecule has 1 aliphatic heterocycles. The van der Waals surface area contributed by atoms with Crippen molar-refractivity contribution in [3.63, 3.8) is 0 Å². The van der Waals surface area contributed by atoms with E-state index in [1.165, 1.54) is 36.4 Å². The number of hydrazone groups is 1. The van der Waals surface area contributed by atoms with E-state index >= 15 is 0 Å². The van der Waals surface area contributed by atoms with Gasteiger partial charge in [-0.3, -0.25) is 15.1 Å². The number of hydrogen-bond donors (Lipinski definition) is 3. The lowest BCUT2D eigenvalue weighted by Gasteiger charge is -2.19. The number of aromatic carboxylic acids is 1. The summed E-state index contributed by atoms with van der Waals surface area (Å²) in [6, 6.07) is 16.0. The minimum atomic E-state index is -4.81. The normalized spacial score (nSPS) is 14.3. The Balaban J connectivity index is 1.57. The number of phenols is 1. The third-order valence-corrected chi connectivity index (χ3v) is 6.40. The van der Waals surface area contributed by atoms with Crippen LogP contribution in [0.15, 0.2) is 90.0 Å². The maximum absolute atomic E-state index is 13.5. The van der Waals surface area contributed by atoms with Gasteiger partial charge in [-0.15, -0.1) is 0 Å². The number of rotatable bonds is 5. The predicted octanol–water partition coefficient (Wildman–Crippen LogP) is 7.29. The molecule has 1 heterocycles. The van der Waals surface area contributed by atoms with Crippen LogP contribution in [0.1, 0.15) is 27.0 Å². The number of benzene rings is 4. The maximum atomic E-state index is 13.5. The lowest BCUT2D eigenvalue weighted by atomic mass is 10.0. The van der Waals surface area contributed by atoms with Crippen LogP contribution < -0.4 is 10.3 Å². The molecule has 1 amide bonds. The molecule has 4 aromatic carbocycles. The van der Waals surface area contributed by atoms with Crippen LogP contribution in [0.5, 0.6) is 5.75 Å². The Kier molecular flexibility index (Phi) is 6.89. The van der Waals surface area contributed by atoms with Crippen LogP contribution in [0.2, 0.25) is 0 Å². The average molecular weight is 585 g/mol. The van der Waals surface area contributed by atoms with Crippen molar-refractivity contribution in [3.05, 3.63) is 107 Å². The van der Waals surface area contributed by atoms with Gasteiger partial charge in [-0.2, -0.15) is 31.4 Å². The molecule has 1 aliphatic rings. The summed E-state index contributed by atoms with van der Waals surface area (Å²) in [4.78, 5) is 25.5. The second-order valence-corrected chi connectivity index (χ2v) is 9.08. The molecule has 214 valence electrons. The molecule has 42 heavy (non-hydrogen) atoms. The highest BCUT2D eigenvalue weighted by molar-refractivity contribution is 6.55. The predicted molar refractivity (Wildman–Crippen MR) is 141 cm³/mol. The number of carboxylic acids is 1. The van der Waals surface area contributed by atoms with Crippen LogP contribution in [-0.4, -0.2) is 27.8 Å². The van der Waals surface area contributed by atoms with Gasteiger partial charge in [0, 0.05) is 16.8 Å². The number of para-hydroxylation sites is 1. The van der Waals surface area contributed by atoms with E-state index in [1.54, 1.807) is 6.07 Å². The lowest BCUT2D eigenvalue weighted by molar-refractivity contribution is -0.138. The first-order valence-corrected chi connectivity index (χ1v) is 12.0. The van der Waals surface area contributed by atoms with Crippen LogP contribution in [0, 0.1) is 0 Å². The Bertz CT molecular complexity index is 1770. The number of phenolic OH excluding ortho intramolecular Hbond substituents is 1. The summed E-state index contributed by atoms with van der Waals surface area (Å²) in [5.41, 5.74) is -0.446. The number of nitrogens with zero attached hydrogens (tertiary/aromatic N) is 2. The Morgan fingerprint density at radius 1 is 0.786 bits per heavy atom. The van der Waals surface area contributed by atoms with Crippen LogP contribution in [0.4, 0.5) is 43.4 Å². The van der Waals surface area contributed by atoms with Gasteiger partial charge in [0.15, 0.2) is 5.71 Å². The van der Waals surface area contributed by atoms with Crippen LogP contribution in [0.25, 0.3) is 11.1 Å². The fourth-order valence-corrected chi connectivity index (χ4v) is 4.41. The highest BCUT2D eigenvalue weighted by Crippen LogP contribution is 2.42. The van der Waals surface area contributed by atoms with Gasteiger partial charge < -0.3 is 10.2 Å². The standard InChI is InChI=1S/C29H17F6N3O4/c30-28(31,32)17-6-2-7-19(13-17)38-23-14-18(29(33,34)35)10-11-21(23)24(26(38)40)37-36-22-9-3-8-20(25(22)39)15-4-1-5-16(12-15)27(41)42/h1-14,36,39H,(H,41,42)/b37-24-. The third-order valence-electron chi connectivity index (χ3n) is 6.40. The summed E-state index contributed by atoms with van der Waals surface area (Å²) < 4.78 is 80.6. The van der Waals surface area contributed by atoms with Crippen LogP contribution in [-0.2, 0) is 17.1 Å². The van der Waals surface area contributed by atoms with Crippen molar-refractivity contribution in [1.29, 1.82) is 0 Å². The van der Waals surface area contributed by atoms with E-state index in [2.05, 4.69) is 10.5 Å². The summed E-state index contributed by atoms with van der Waals surface area (Å²) in [6.07, 6.45) is -9.58. The van der Waals surface area contributed by atoms with Crippen molar-refractivity contribution in [1.82, 2.24) is 0 Å². The summed E-state index contributed by atoms with van der Waals surface area (Å²) in [5.74, 6) is -2.58. The Morgan fingerprint density at radius 2 is 1.45 bits per heavy atom. The SMILES string of the molecule is O=C(O)c1cccc(-c2cccc(N/N=C3\C(=O)N(c4cccc(C(F)(F)F)c4)c4cc(C(F)(F)F)ccc43)c2O)c1. The van der Waals surface area contributed by atoms with Gasteiger partial charge in [0.2, 0.25) is 0 Å². The van der Waals surface area contributed by atoms with E-state index < -0.39 is 41.1 Å². The lowest BCUT2D eigenvalue weighted by Crippen LogP contribution is -2.26. The zero-order valence-corrected chi connectivity index (χ0v) is 21.0. The number of fused-ring (bicyclic) bond motifs is 1. The minimum Gasteiger partial charge on any atom is -0.505 e. The molecule has 0 saturated carbocycles. The first-order chi connectivity index (χ1) is 19.8. The largest absolute Gasteiger partial charge is 0.505 e. The fourth-order valence-electron chi connectivity index (χ4n) is 4.41. The average Bonchev–Trinajstić information content (AvgIpc) is 3.22. The maximum Gasteiger partial charge on any atom is 0.416 e. The summed E-state index contributed by atoms with van der Waals surface area (Å²) in [5, 5.41) is 24.1. The molecule has 0 aromatic heterocycles. The Morgan fingerprint density at radius 3 is 2.14 bits per heavy atom. The summed E-state index contributed by atoms with van der Waals surface area (Å²) >= 11 is 0. The van der Waals surface area contributed by atoms with Gasteiger partial charge in [-0.1, -0.05) is 30.3 Å². The summed E-state index contributed by atoms with van der Waals surface area (Å²) in [6.45, 7) is 0. The molecule has 0 fully saturated rings. The molecule has 0 unspecified atom stereocenters. The van der Waals surface area contributed by atoms with Crippen LogP contribution in [0.3, 0.4) is 0 Å². The molecule has 0 radical (unpaired) electrons. The zero-order valence-electron chi connectivity index (χ0n) is 21.0. The zero-order chi connectivity index (χ0) is 30.4. The molecule has 3 N–H and O–H groups in total. The van der Waals surface area contributed by atoms with Crippen molar-refractivity contribution < 1.29 is 46.1 Å². The molecule has 13 heteroatoms. The van der Waals surface area contributed by atoms with Gasteiger partial charge in [0.25, 0.3) is 5.91 Å². The molecule has 0 spiro atoms. The van der Waals surface area contributed by atoms with E-state index in [0.717, 1.165) is 24.3 Å². The Hall–Kier alpha value is -5.33. The van der Waals surface area contributed by atoms with Gasteiger partial charge in [0.1, 0.15) is 5.75 Å². The number of hydrogen-bond acceptors (Lipinski definition) is 5. The van der Waals surface area contributed by atoms with E-state index in [4.69, 9.17) is 0 Å². The highest BCUT2D eigenvalue weighted by atomic mass is 19.4. The molecule has 0 aliphatic carbocycles. The van der Waals surface area contributed by atoms with Crippen molar-refractivity contribution in [2.75, 3.05) is 10.3 Å². The number of alkyl halides is 6. The van der Waals surface area contributed by atoms with Crippen molar-refractivity contribution in [2.45, 2.75) is 12.4 Å². The molecule has 4 aromatic rings. The van der Waals surface area contributed by atoms with Crippen molar-refractivity contribution in [2.24, 2.45) is 5.10 Å². The highest BCUT2D eigenvalue weighted by Gasteiger charge is 2.40. The number of carbonyl (C=O) groups excluding carboxylic acids is 1. The molecular formula is C29H17F6N3O4. The number of carbonyl (C=O) groups is 2. The van der Waals surface area contributed by atoms with E-state index in [0.29, 0.717) is 28.7 Å². The van der Waals surface area contributed by atoms with Gasteiger partial charge >= 0.3 is 18.3 Å². The number of carboxylic acid groups (broad SMARTS) is 1. The molecule has 0 saturated heterocycles. The molecule has 0 atom stereocenters. The van der Waals surface area contributed by atoms with Crippen LogP contribution >= 0.6 is 0 Å². The number of anilines is 3. The smallest absolute Gasteiger partial charge is 0.416 e. The second-order valence-electron chi connectivity index (χ2n) is 9.08. The van der Waals surface area contributed by atoms with Gasteiger partial charge in [-0.05, 0) is 60.2 Å². The summed E-state index contributed by atoms with van der Waals surface area (Å²) in [7, 11) is 0. The van der Waals surface area contributed by atoms with Gasteiger partial charge in [0.05, 0.1) is 28.1 Å². The monoisotopic (exact) mass is 585 g/mol. The first kappa shape index (κ1) is 28.2. The number of nitrogens with one attached hydrogen (secondary N) is 1. The third kappa shape index (κ3) is 5.23. The van der Waals surface area contributed by atoms with Crippen molar-refractivity contribution >= 4 is 34.7 Å². The first-order valence-electron chi connectivity index (χ1n) is 12.0. The second kappa shape index (κ2) is 10.3. The molecule has 7 nitrogen and oxygen atoms in total. The number of amides is 1. The number of halogens is 6. The Labute approximate surface area is 233 Å². The fraction of sp³-hybridized carbons (Fsp3) is 0.0690. The molecule has 0 bridgehead atoms. The topological polar surface area (TPSA) is 102 Å². The minimum absolute atomic E-state index is 0.0356. The van der Waals surface area contributed by atoms with E-state index in [1.807, 2.05) is 0 Å².